The van der Waals surface area contributed by atoms with Crippen LogP contribution in [0.4, 0.5) is 0 Å². The molecule has 0 N–H and O–H groups in total. The average molecular weight is 214 g/mol. The second-order valence-corrected chi connectivity index (χ2v) is 0. The number of hydrogen-bond donors (Lipinski definition) is 0. The van der Waals surface area contributed by atoms with Gasteiger partial charge in [0, 0.05) is 0 Å². The molecule has 0 spiro atoms. The van der Waals surface area contributed by atoms with Crippen LogP contribution >= 0.6 is 0 Å². The van der Waals surface area contributed by atoms with Crippen molar-refractivity contribution in [2.75, 3.05) is 0 Å². The van der Waals surface area contributed by atoms with Crippen molar-refractivity contribution >= 4 is 110 Å². The van der Waals surface area contributed by atoms with Gasteiger partial charge in [-0.25, -0.2) is 0 Å². The van der Waals surface area contributed by atoms with Crippen molar-refractivity contribution < 1.29 is 27.4 Å². The first-order chi connectivity index (χ1) is 0. The molecule has 40 valence electrons. The standard InChI is InChI=1S/2Al.2Ca.5O/q2*+3;2*+2;5*-2. The van der Waals surface area contributed by atoms with E-state index >= 15 is 0 Å². The Hall–Kier alpha value is 3.38. The Morgan fingerprint density at radius 2 is 0.333 bits per heavy atom. The van der Waals surface area contributed by atoms with Crippen molar-refractivity contribution in [2.45, 2.75) is 0 Å². The van der Waals surface area contributed by atoms with Crippen LogP contribution in [-0.2, 0) is 27.4 Å². The third kappa shape index (κ3) is 87.5. The van der Waals surface area contributed by atoms with Gasteiger partial charge in [-0.2, -0.15) is 0 Å². The zero-order chi connectivity index (χ0) is 0. The van der Waals surface area contributed by atoms with Crippen LogP contribution in [0.1, 0.15) is 0 Å². The van der Waals surface area contributed by atoms with Crippen molar-refractivity contribution in [3.63, 3.8) is 0 Å². The van der Waals surface area contributed by atoms with Gasteiger partial charge in [-0.05, 0) is 0 Å². The van der Waals surface area contributed by atoms with Crippen molar-refractivity contribution in [1.82, 2.24) is 0 Å². The molecule has 0 aliphatic heterocycles. The molecule has 0 radical (unpaired) electrons. The van der Waals surface area contributed by atoms with Gasteiger partial charge in [0.05, 0.1) is 0 Å². The average Bonchev–Trinajstić information content (AvgIpc) is 0. The van der Waals surface area contributed by atoms with Crippen LogP contribution in [0.3, 0.4) is 0 Å². The molecule has 0 aliphatic carbocycles. The van der Waals surface area contributed by atoms with E-state index in [1.165, 1.54) is 0 Å². The Morgan fingerprint density at radius 3 is 0.333 bits per heavy atom. The van der Waals surface area contributed by atoms with Crippen molar-refractivity contribution in [3.8, 4) is 0 Å². The molecule has 0 rings (SSSR count). The van der Waals surface area contributed by atoms with Crippen LogP contribution in [0.5, 0.6) is 0 Å². The van der Waals surface area contributed by atoms with Gasteiger partial charge in [0.15, 0.2) is 0 Å². The summed E-state index contributed by atoms with van der Waals surface area (Å²) >= 11 is 0. The van der Waals surface area contributed by atoms with Crippen molar-refractivity contribution in [3.05, 3.63) is 0 Å². The predicted molar refractivity (Wildman–Crippen MR) is 26.4 cm³/mol. The topological polar surface area (TPSA) is 142 Å². The Balaban J connectivity index is 0. The molecule has 0 heterocycles. The predicted octanol–water partition coefficient (Wildman–Crippen LogP) is -2.12. The fraction of sp³-hybridized carbons (Fsp3) is 0. The third-order valence-electron chi connectivity index (χ3n) is 0. The first-order valence-corrected chi connectivity index (χ1v) is 0. The molecule has 9 heavy (non-hydrogen) atoms. The van der Waals surface area contributed by atoms with Gasteiger partial charge in [0.2, 0.25) is 0 Å². The molecule has 0 aliphatic rings. The van der Waals surface area contributed by atoms with E-state index in [0.29, 0.717) is 0 Å². The van der Waals surface area contributed by atoms with Gasteiger partial charge < -0.3 is 27.4 Å². The van der Waals surface area contributed by atoms with Crippen LogP contribution in [0.2, 0.25) is 0 Å². The number of rotatable bonds is 0. The second-order valence-electron chi connectivity index (χ2n) is 0. The Labute approximate surface area is 135 Å². The largest absolute Gasteiger partial charge is 3.00 e. The van der Waals surface area contributed by atoms with E-state index in [2.05, 4.69) is 0 Å². The summed E-state index contributed by atoms with van der Waals surface area (Å²) in [4.78, 5) is 0. The molecule has 0 aromatic heterocycles. The van der Waals surface area contributed by atoms with E-state index in [0.717, 1.165) is 0 Å². The molecule has 0 aromatic rings. The zero-order valence-electron chi connectivity index (χ0n) is 4.61. The summed E-state index contributed by atoms with van der Waals surface area (Å²) in [5, 5.41) is 0. The molecular formula is Al2Ca2O5. The van der Waals surface area contributed by atoms with Gasteiger partial charge in [-0.15, -0.1) is 0 Å². The van der Waals surface area contributed by atoms with E-state index < -0.39 is 0 Å². The summed E-state index contributed by atoms with van der Waals surface area (Å²) < 4.78 is 0. The van der Waals surface area contributed by atoms with Gasteiger partial charge >= 0.3 is 110 Å². The van der Waals surface area contributed by atoms with E-state index in [4.69, 9.17) is 0 Å². The van der Waals surface area contributed by atoms with Gasteiger partial charge in [-0.3, -0.25) is 0 Å². The zero-order valence-corrected chi connectivity index (χ0v) is 11.3. The molecular weight excluding hydrogens is 214 g/mol. The molecule has 0 fully saturated rings. The normalized spacial score (nSPS) is 0. The van der Waals surface area contributed by atoms with E-state index in [1.807, 2.05) is 0 Å². The maximum Gasteiger partial charge on any atom is 3.00 e. The van der Waals surface area contributed by atoms with Crippen LogP contribution in [-0.4, -0.2) is 110 Å². The maximum absolute atomic E-state index is 0. The second kappa shape index (κ2) is 107. The van der Waals surface area contributed by atoms with E-state index in [9.17, 15) is 0 Å². The molecule has 0 amide bonds. The first kappa shape index (κ1) is 140. The molecule has 0 saturated carbocycles. The van der Waals surface area contributed by atoms with Crippen LogP contribution in [0.15, 0.2) is 0 Å². The maximum atomic E-state index is 0. The summed E-state index contributed by atoms with van der Waals surface area (Å²) in [6.45, 7) is 0. The molecule has 0 unspecified atom stereocenters. The molecule has 9 heteroatoms. The van der Waals surface area contributed by atoms with Gasteiger partial charge in [0.1, 0.15) is 0 Å². The Kier molecular flexibility index (Phi) is 1670. The van der Waals surface area contributed by atoms with Gasteiger partial charge in [0.25, 0.3) is 0 Å². The molecule has 5 nitrogen and oxygen atoms in total. The van der Waals surface area contributed by atoms with Gasteiger partial charge in [-0.1, -0.05) is 0 Å². The molecule has 0 aromatic carbocycles. The summed E-state index contributed by atoms with van der Waals surface area (Å²) in [7, 11) is 0. The quantitative estimate of drug-likeness (QED) is 0.406. The summed E-state index contributed by atoms with van der Waals surface area (Å²) in [5.41, 5.74) is 0. The van der Waals surface area contributed by atoms with Crippen LogP contribution in [0.25, 0.3) is 0 Å². The van der Waals surface area contributed by atoms with E-state index in [-0.39, 0.29) is 138 Å². The summed E-state index contributed by atoms with van der Waals surface area (Å²) in [6, 6.07) is 0. The van der Waals surface area contributed by atoms with E-state index in [1.54, 1.807) is 0 Å². The van der Waals surface area contributed by atoms with Crippen LogP contribution < -0.4 is 0 Å². The minimum absolute atomic E-state index is 0. The Bertz CT molecular complexity index is 12.9. The fourth-order valence-electron chi connectivity index (χ4n) is 0. The minimum atomic E-state index is 0. The minimum Gasteiger partial charge on any atom is -2.00 e. The SMILES string of the molecule is [Al+3].[Al+3].[Ca+2].[Ca+2].[O-2].[O-2].[O-2].[O-2].[O-2]. The van der Waals surface area contributed by atoms with Crippen molar-refractivity contribution in [1.29, 1.82) is 0 Å². The molecule has 0 saturated heterocycles. The first-order valence-electron chi connectivity index (χ1n) is 0. The molecule has 0 atom stereocenters. The third-order valence-corrected chi connectivity index (χ3v) is 0. The smallest absolute Gasteiger partial charge is 2.00 e. The molecule has 0 bridgehead atoms. The number of hydrogen-bond acceptors (Lipinski definition) is 0. The fourth-order valence-corrected chi connectivity index (χ4v) is 0. The monoisotopic (exact) mass is 214 g/mol. The summed E-state index contributed by atoms with van der Waals surface area (Å²) in [6.07, 6.45) is 0. The van der Waals surface area contributed by atoms with Crippen molar-refractivity contribution in [2.24, 2.45) is 0 Å². The van der Waals surface area contributed by atoms with Crippen LogP contribution in [0, 0.1) is 0 Å². The Morgan fingerprint density at radius 1 is 0.333 bits per heavy atom. The summed E-state index contributed by atoms with van der Waals surface area (Å²) in [5.74, 6) is 0.